The van der Waals surface area contributed by atoms with Gasteiger partial charge in [0.15, 0.2) is 0 Å². The molecule has 2 N–H and O–H groups in total. The fourth-order valence-corrected chi connectivity index (χ4v) is 3.13. The highest BCUT2D eigenvalue weighted by atomic mass is 32.1. The molecular formula is C15H17NO3S. The normalized spacial score (nSPS) is 12.3. The van der Waals surface area contributed by atoms with Crippen molar-refractivity contribution in [3.8, 4) is 0 Å². The van der Waals surface area contributed by atoms with E-state index in [9.17, 15) is 9.59 Å². The van der Waals surface area contributed by atoms with E-state index in [2.05, 4.69) is 5.32 Å². The average Bonchev–Trinajstić information content (AvgIpc) is 2.80. The Morgan fingerprint density at radius 3 is 2.80 bits per heavy atom. The average molecular weight is 291 g/mol. The maximum atomic E-state index is 12.2. The highest BCUT2D eigenvalue weighted by molar-refractivity contribution is 7.17. The number of amides is 1. The van der Waals surface area contributed by atoms with Crippen molar-refractivity contribution in [3.63, 3.8) is 0 Å². The first-order valence-electron chi connectivity index (χ1n) is 6.54. The SMILES string of the molecule is CCCC(NC(=O)c1csc2cc(C)ccc12)C(=O)O. The van der Waals surface area contributed by atoms with Crippen LogP contribution < -0.4 is 5.32 Å². The minimum atomic E-state index is -0.990. The number of thiophene rings is 1. The molecule has 1 heterocycles. The number of fused-ring (bicyclic) bond motifs is 1. The van der Waals surface area contributed by atoms with Crippen LogP contribution in [0.4, 0.5) is 0 Å². The predicted octanol–water partition coefficient (Wildman–Crippen LogP) is 3.19. The summed E-state index contributed by atoms with van der Waals surface area (Å²) < 4.78 is 1.04. The third-order valence-corrected chi connectivity index (χ3v) is 4.10. The van der Waals surface area contributed by atoms with Crippen LogP contribution in [0.25, 0.3) is 10.1 Å². The predicted molar refractivity (Wildman–Crippen MR) is 80.4 cm³/mol. The summed E-state index contributed by atoms with van der Waals surface area (Å²) in [5, 5.41) is 14.3. The summed E-state index contributed by atoms with van der Waals surface area (Å²) in [7, 11) is 0. The first kappa shape index (κ1) is 14.5. The lowest BCUT2D eigenvalue weighted by Gasteiger charge is -2.13. The van der Waals surface area contributed by atoms with Gasteiger partial charge in [-0.15, -0.1) is 11.3 Å². The molecule has 2 aromatic rings. The second kappa shape index (κ2) is 6.05. The molecule has 0 aliphatic rings. The van der Waals surface area contributed by atoms with Crippen molar-refractivity contribution in [2.24, 2.45) is 0 Å². The van der Waals surface area contributed by atoms with E-state index in [1.54, 1.807) is 5.38 Å². The maximum absolute atomic E-state index is 12.2. The Hall–Kier alpha value is -1.88. The number of carbonyl (C=O) groups is 2. The van der Waals surface area contributed by atoms with Gasteiger partial charge in [-0.3, -0.25) is 4.79 Å². The number of hydrogen-bond donors (Lipinski definition) is 2. The van der Waals surface area contributed by atoms with Crippen LogP contribution in [0.3, 0.4) is 0 Å². The number of rotatable bonds is 5. The fraction of sp³-hybridized carbons (Fsp3) is 0.333. The largest absolute Gasteiger partial charge is 0.480 e. The van der Waals surface area contributed by atoms with Crippen molar-refractivity contribution in [3.05, 3.63) is 34.7 Å². The van der Waals surface area contributed by atoms with E-state index < -0.39 is 12.0 Å². The Morgan fingerprint density at radius 2 is 2.15 bits per heavy atom. The van der Waals surface area contributed by atoms with E-state index in [1.807, 2.05) is 32.0 Å². The van der Waals surface area contributed by atoms with Crippen molar-refractivity contribution in [1.82, 2.24) is 5.32 Å². The number of aliphatic carboxylic acids is 1. The molecule has 0 saturated heterocycles. The molecule has 1 aromatic carbocycles. The lowest BCUT2D eigenvalue weighted by atomic mass is 10.1. The van der Waals surface area contributed by atoms with Gasteiger partial charge < -0.3 is 10.4 Å². The molecule has 0 aliphatic carbocycles. The van der Waals surface area contributed by atoms with Crippen LogP contribution in [0.5, 0.6) is 0 Å². The Labute approximate surface area is 121 Å². The van der Waals surface area contributed by atoms with Crippen molar-refractivity contribution >= 4 is 33.3 Å². The minimum Gasteiger partial charge on any atom is -0.480 e. The van der Waals surface area contributed by atoms with Crippen LogP contribution in [0.2, 0.25) is 0 Å². The Balaban J connectivity index is 2.25. The smallest absolute Gasteiger partial charge is 0.326 e. The zero-order valence-corrected chi connectivity index (χ0v) is 12.3. The molecule has 4 nitrogen and oxygen atoms in total. The van der Waals surface area contributed by atoms with E-state index in [-0.39, 0.29) is 5.91 Å². The molecule has 5 heteroatoms. The summed E-state index contributed by atoms with van der Waals surface area (Å²) in [5.41, 5.74) is 1.69. The van der Waals surface area contributed by atoms with Gasteiger partial charge in [0.25, 0.3) is 5.91 Å². The van der Waals surface area contributed by atoms with E-state index >= 15 is 0 Å². The molecule has 1 amide bonds. The van der Waals surface area contributed by atoms with E-state index in [0.29, 0.717) is 18.4 Å². The topological polar surface area (TPSA) is 66.4 Å². The first-order chi connectivity index (χ1) is 9.52. The summed E-state index contributed by atoms with van der Waals surface area (Å²) >= 11 is 1.50. The van der Waals surface area contributed by atoms with Crippen molar-refractivity contribution in [1.29, 1.82) is 0 Å². The molecule has 0 aliphatic heterocycles. The third kappa shape index (κ3) is 2.99. The van der Waals surface area contributed by atoms with Crippen LogP contribution in [0, 0.1) is 6.92 Å². The number of hydrogen-bond acceptors (Lipinski definition) is 3. The van der Waals surface area contributed by atoms with Crippen LogP contribution in [0.1, 0.15) is 35.7 Å². The van der Waals surface area contributed by atoms with Crippen molar-refractivity contribution < 1.29 is 14.7 Å². The number of nitrogens with one attached hydrogen (secondary N) is 1. The Bertz CT molecular complexity index is 648. The zero-order valence-electron chi connectivity index (χ0n) is 11.5. The number of carbonyl (C=O) groups excluding carboxylic acids is 1. The van der Waals surface area contributed by atoms with Gasteiger partial charge in [-0.25, -0.2) is 4.79 Å². The monoisotopic (exact) mass is 291 g/mol. The zero-order chi connectivity index (χ0) is 14.7. The van der Waals surface area contributed by atoms with Crippen LogP contribution in [-0.2, 0) is 4.79 Å². The number of carboxylic acids is 1. The molecule has 0 fully saturated rings. The van der Waals surface area contributed by atoms with Gasteiger partial charge in [0, 0.05) is 15.5 Å². The highest BCUT2D eigenvalue weighted by Crippen LogP contribution is 2.27. The summed E-state index contributed by atoms with van der Waals surface area (Å²) in [6.07, 6.45) is 1.14. The lowest BCUT2D eigenvalue weighted by molar-refractivity contribution is -0.139. The number of benzene rings is 1. The molecule has 2 rings (SSSR count). The quantitative estimate of drug-likeness (QED) is 0.889. The van der Waals surface area contributed by atoms with E-state index in [4.69, 9.17) is 5.11 Å². The summed E-state index contributed by atoms with van der Waals surface area (Å²) in [4.78, 5) is 23.3. The van der Waals surface area contributed by atoms with Crippen LogP contribution in [-0.4, -0.2) is 23.0 Å². The van der Waals surface area contributed by atoms with E-state index in [1.165, 1.54) is 11.3 Å². The van der Waals surface area contributed by atoms with E-state index in [0.717, 1.165) is 15.6 Å². The molecule has 1 aromatic heterocycles. The van der Waals surface area contributed by atoms with Crippen molar-refractivity contribution in [2.75, 3.05) is 0 Å². The standard InChI is InChI=1S/C15H17NO3S/c1-3-4-12(15(18)19)16-14(17)11-8-20-13-7-9(2)5-6-10(11)13/h5-8,12H,3-4H2,1-2H3,(H,16,17)(H,18,19). The fourth-order valence-electron chi connectivity index (χ4n) is 2.09. The molecule has 20 heavy (non-hydrogen) atoms. The van der Waals surface area contributed by atoms with Gasteiger partial charge >= 0.3 is 5.97 Å². The van der Waals surface area contributed by atoms with Crippen LogP contribution in [0.15, 0.2) is 23.6 Å². The van der Waals surface area contributed by atoms with Gasteiger partial charge in [-0.05, 0) is 25.0 Å². The highest BCUT2D eigenvalue weighted by Gasteiger charge is 2.21. The molecule has 0 spiro atoms. The molecular weight excluding hydrogens is 274 g/mol. The molecule has 1 unspecified atom stereocenters. The molecule has 106 valence electrons. The second-order valence-electron chi connectivity index (χ2n) is 4.80. The minimum absolute atomic E-state index is 0.319. The van der Waals surface area contributed by atoms with Gasteiger partial charge in [0.05, 0.1) is 5.56 Å². The lowest BCUT2D eigenvalue weighted by Crippen LogP contribution is -2.40. The number of aryl methyl sites for hydroxylation is 1. The summed E-state index contributed by atoms with van der Waals surface area (Å²) in [5.74, 6) is -1.31. The Morgan fingerprint density at radius 1 is 1.40 bits per heavy atom. The van der Waals surface area contributed by atoms with Gasteiger partial charge in [0.1, 0.15) is 6.04 Å². The molecule has 1 atom stereocenters. The first-order valence-corrected chi connectivity index (χ1v) is 7.42. The van der Waals surface area contributed by atoms with Crippen LogP contribution >= 0.6 is 11.3 Å². The molecule has 0 radical (unpaired) electrons. The summed E-state index contributed by atoms with van der Waals surface area (Å²) in [6, 6.07) is 5.06. The van der Waals surface area contributed by atoms with Crippen molar-refractivity contribution in [2.45, 2.75) is 32.7 Å². The molecule has 0 bridgehead atoms. The van der Waals surface area contributed by atoms with Gasteiger partial charge in [-0.1, -0.05) is 25.5 Å². The second-order valence-corrected chi connectivity index (χ2v) is 5.71. The maximum Gasteiger partial charge on any atom is 0.326 e. The summed E-state index contributed by atoms with van der Waals surface area (Å²) in [6.45, 7) is 3.89. The van der Waals surface area contributed by atoms with Gasteiger partial charge in [0.2, 0.25) is 0 Å². The molecule has 0 saturated carbocycles. The van der Waals surface area contributed by atoms with Gasteiger partial charge in [-0.2, -0.15) is 0 Å². The number of carboxylic acid groups (broad SMARTS) is 1. The third-order valence-electron chi connectivity index (χ3n) is 3.16. The Kier molecular flexibility index (Phi) is 4.39.